The van der Waals surface area contributed by atoms with Crippen LogP contribution in [0, 0.1) is 6.92 Å². The van der Waals surface area contributed by atoms with Gasteiger partial charge >= 0.3 is 0 Å². The lowest BCUT2D eigenvalue weighted by molar-refractivity contribution is 0.0682. The number of carbonyl (C=O) groups is 1. The van der Waals surface area contributed by atoms with Crippen molar-refractivity contribution in [3.63, 3.8) is 0 Å². The number of nitrogens with two attached hydrogens (primary N) is 1. The van der Waals surface area contributed by atoms with E-state index in [1.165, 1.54) is 4.90 Å². The van der Waals surface area contributed by atoms with E-state index in [2.05, 4.69) is 5.43 Å². The first-order valence-electron chi connectivity index (χ1n) is 5.46. The van der Waals surface area contributed by atoms with Gasteiger partial charge in [0.1, 0.15) is 0 Å². The number of anilines is 1. The third kappa shape index (κ3) is 2.95. The molecule has 0 heterocycles. The Morgan fingerprint density at radius 3 is 2.71 bits per heavy atom. The maximum atomic E-state index is 12.1. The molecule has 0 aliphatic heterocycles. The molecule has 0 aliphatic rings. The molecule has 1 rings (SSSR count). The third-order valence-electron chi connectivity index (χ3n) is 2.87. The van der Waals surface area contributed by atoms with E-state index in [0.717, 1.165) is 11.3 Å². The molecule has 0 spiro atoms. The average Bonchev–Trinajstić information content (AvgIpc) is 2.35. The van der Waals surface area contributed by atoms with Crippen LogP contribution in [0.15, 0.2) is 18.2 Å². The van der Waals surface area contributed by atoms with Gasteiger partial charge in [0.25, 0.3) is 5.91 Å². The molecule has 0 bridgehead atoms. The summed E-state index contributed by atoms with van der Waals surface area (Å²) in [6.45, 7) is 3.62. The van der Waals surface area contributed by atoms with Crippen LogP contribution >= 0.6 is 0 Å². The number of aryl methyl sites for hydroxylation is 1. The largest absolute Gasteiger partial charge is 0.394 e. The van der Waals surface area contributed by atoms with Gasteiger partial charge < -0.3 is 15.4 Å². The summed E-state index contributed by atoms with van der Waals surface area (Å²) in [5.74, 6) is 5.22. The quantitative estimate of drug-likeness (QED) is 0.533. The molecule has 5 heteroatoms. The van der Waals surface area contributed by atoms with Gasteiger partial charge in [0.05, 0.1) is 18.3 Å². The number of benzene rings is 1. The molecule has 1 unspecified atom stereocenters. The zero-order valence-corrected chi connectivity index (χ0v) is 10.4. The fraction of sp³-hybridized carbons (Fsp3) is 0.417. The van der Waals surface area contributed by atoms with Crippen LogP contribution in [0.2, 0.25) is 0 Å². The summed E-state index contributed by atoms with van der Waals surface area (Å²) < 4.78 is 0. The highest BCUT2D eigenvalue weighted by molar-refractivity contribution is 5.95. The van der Waals surface area contributed by atoms with E-state index in [-0.39, 0.29) is 18.6 Å². The number of hydrazine groups is 1. The van der Waals surface area contributed by atoms with Gasteiger partial charge in [0.2, 0.25) is 0 Å². The zero-order valence-electron chi connectivity index (χ0n) is 10.4. The number of aliphatic hydroxyl groups excluding tert-OH is 1. The lowest BCUT2D eigenvalue weighted by Crippen LogP contribution is -2.37. The van der Waals surface area contributed by atoms with Crippen molar-refractivity contribution in [3.8, 4) is 0 Å². The molecule has 1 aromatic rings. The highest BCUT2D eigenvalue weighted by atomic mass is 16.3. The van der Waals surface area contributed by atoms with Gasteiger partial charge in [-0.05, 0) is 37.6 Å². The van der Waals surface area contributed by atoms with Crippen LogP contribution in [0.5, 0.6) is 0 Å². The molecular weight excluding hydrogens is 218 g/mol. The van der Waals surface area contributed by atoms with Crippen molar-refractivity contribution in [2.75, 3.05) is 19.1 Å². The van der Waals surface area contributed by atoms with E-state index < -0.39 is 0 Å². The Hall–Kier alpha value is -1.59. The van der Waals surface area contributed by atoms with Crippen molar-refractivity contribution >= 4 is 11.6 Å². The molecule has 0 saturated carbocycles. The van der Waals surface area contributed by atoms with Gasteiger partial charge in [0.15, 0.2) is 0 Å². The van der Waals surface area contributed by atoms with E-state index in [9.17, 15) is 4.79 Å². The van der Waals surface area contributed by atoms with Crippen molar-refractivity contribution in [1.29, 1.82) is 0 Å². The van der Waals surface area contributed by atoms with Crippen LogP contribution in [0.25, 0.3) is 0 Å². The van der Waals surface area contributed by atoms with Gasteiger partial charge in [-0.25, -0.2) is 0 Å². The summed E-state index contributed by atoms with van der Waals surface area (Å²) in [6.07, 6.45) is 0. The van der Waals surface area contributed by atoms with Gasteiger partial charge in [-0.3, -0.25) is 10.6 Å². The lowest BCUT2D eigenvalue weighted by Gasteiger charge is -2.23. The fourth-order valence-electron chi connectivity index (χ4n) is 1.48. The average molecular weight is 237 g/mol. The van der Waals surface area contributed by atoms with Gasteiger partial charge in [-0.15, -0.1) is 0 Å². The van der Waals surface area contributed by atoms with E-state index in [1.54, 1.807) is 32.2 Å². The number of aliphatic hydroxyl groups is 1. The topological polar surface area (TPSA) is 78.6 Å². The monoisotopic (exact) mass is 237 g/mol. The van der Waals surface area contributed by atoms with Crippen LogP contribution < -0.4 is 11.3 Å². The first kappa shape index (κ1) is 13.5. The molecule has 1 amide bonds. The summed E-state index contributed by atoms with van der Waals surface area (Å²) >= 11 is 0. The van der Waals surface area contributed by atoms with Crippen LogP contribution in [0.3, 0.4) is 0 Å². The van der Waals surface area contributed by atoms with Crippen LogP contribution in [0.4, 0.5) is 5.69 Å². The SMILES string of the molecule is Cc1cc(C(=O)N(C)C(C)CO)ccc1NN. The summed E-state index contributed by atoms with van der Waals surface area (Å²) in [6, 6.07) is 5.05. The first-order chi connectivity index (χ1) is 8.01. The lowest BCUT2D eigenvalue weighted by atomic mass is 10.1. The molecule has 0 aliphatic carbocycles. The highest BCUT2D eigenvalue weighted by Crippen LogP contribution is 2.16. The van der Waals surface area contributed by atoms with E-state index in [0.29, 0.717) is 5.56 Å². The van der Waals surface area contributed by atoms with Crippen LogP contribution in [0.1, 0.15) is 22.8 Å². The number of rotatable bonds is 4. The Balaban J connectivity index is 2.93. The second-order valence-electron chi connectivity index (χ2n) is 4.12. The standard InChI is InChI=1S/C12H19N3O2/c1-8-6-10(4-5-11(8)14-13)12(17)15(3)9(2)7-16/h4-6,9,14,16H,7,13H2,1-3H3. The predicted molar refractivity (Wildman–Crippen MR) is 67.6 cm³/mol. The second-order valence-corrected chi connectivity index (χ2v) is 4.12. The fourth-order valence-corrected chi connectivity index (χ4v) is 1.48. The zero-order chi connectivity index (χ0) is 13.0. The minimum absolute atomic E-state index is 0.0519. The maximum Gasteiger partial charge on any atom is 0.253 e. The van der Waals surface area contributed by atoms with Crippen molar-refractivity contribution in [2.24, 2.45) is 5.84 Å². The Labute approximate surface area is 101 Å². The van der Waals surface area contributed by atoms with Gasteiger partial charge in [0, 0.05) is 12.6 Å². The van der Waals surface area contributed by atoms with Gasteiger partial charge in [-0.1, -0.05) is 0 Å². The maximum absolute atomic E-state index is 12.1. The Morgan fingerprint density at radius 2 is 2.24 bits per heavy atom. The summed E-state index contributed by atoms with van der Waals surface area (Å²) in [7, 11) is 1.67. The van der Waals surface area contributed by atoms with Gasteiger partial charge in [-0.2, -0.15) is 0 Å². The smallest absolute Gasteiger partial charge is 0.253 e. The summed E-state index contributed by atoms with van der Waals surface area (Å²) in [5.41, 5.74) is 4.84. The second kappa shape index (κ2) is 5.65. The number of hydrogen-bond acceptors (Lipinski definition) is 4. The molecule has 0 radical (unpaired) electrons. The molecule has 5 nitrogen and oxygen atoms in total. The minimum Gasteiger partial charge on any atom is -0.394 e. The molecule has 1 atom stereocenters. The Morgan fingerprint density at radius 1 is 1.59 bits per heavy atom. The molecule has 0 aromatic heterocycles. The predicted octanol–water partition coefficient (Wildman–Crippen LogP) is 0.733. The number of amides is 1. The number of nitrogens with one attached hydrogen (secondary N) is 1. The molecule has 0 saturated heterocycles. The van der Waals surface area contributed by atoms with Crippen LogP contribution in [-0.4, -0.2) is 35.6 Å². The normalized spacial score (nSPS) is 12.1. The molecule has 1 aromatic carbocycles. The van der Waals surface area contributed by atoms with Crippen molar-refractivity contribution < 1.29 is 9.90 Å². The first-order valence-corrected chi connectivity index (χ1v) is 5.46. The highest BCUT2D eigenvalue weighted by Gasteiger charge is 2.17. The Kier molecular flexibility index (Phi) is 4.48. The number of nitrogen functional groups attached to an aromatic ring is 1. The number of nitrogens with zero attached hydrogens (tertiary/aromatic N) is 1. The van der Waals surface area contributed by atoms with Crippen LogP contribution in [-0.2, 0) is 0 Å². The number of hydrogen-bond donors (Lipinski definition) is 3. The van der Waals surface area contributed by atoms with E-state index in [1.807, 2.05) is 6.92 Å². The molecule has 17 heavy (non-hydrogen) atoms. The van der Waals surface area contributed by atoms with E-state index >= 15 is 0 Å². The summed E-state index contributed by atoms with van der Waals surface area (Å²) in [4.78, 5) is 13.6. The third-order valence-corrected chi connectivity index (χ3v) is 2.87. The molecule has 0 fully saturated rings. The van der Waals surface area contributed by atoms with Crippen molar-refractivity contribution in [1.82, 2.24) is 4.90 Å². The molecule has 4 N–H and O–H groups in total. The number of likely N-dealkylation sites (N-methyl/N-ethyl adjacent to an activating group) is 1. The number of carbonyl (C=O) groups excluding carboxylic acids is 1. The molecular formula is C12H19N3O2. The minimum atomic E-state index is -0.199. The molecule has 94 valence electrons. The van der Waals surface area contributed by atoms with Crippen molar-refractivity contribution in [3.05, 3.63) is 29.3 Å². The Bertz CT molecular complexity index is 407. The summed E-state index contributed by atoms with van der Waals surface area (Å²) in [5, 5.41) is 9.02. The van der Waals surface area contributed by atoms with Crippen molar-refractivity contribution in [2.45, 2.75) is 19.9 Å². The van der Waals surface area contributed by atoms with E-state index in [4.69, 9.17) is 10.9 Å².